The lowest BCUT2D eigenvalue weighted by Crippen LogP contribution is -2.54. The fourth-order valence-corrected chi connectivity index (χ4v) is 5.44. The van der Waals surface area contributed by atoms with E-state index in [9.17, 15) is 4.79 Å². The summed E-state index contributed by atoms with van der Waals surface area (Å²) >= 11 is 6.07. The Morgan fingerprint density at radius 2 is 1.70 bits per heavy atom. The summed E-state index contributed by atoms with van der Waals surface area (Å²) < 4.78 is 5.58. The molecule has 1 amide bonds. The lowest BCUT2D eigenvalue weighted by Gasteiger charge is -2.45. The molecule has 2 unspecified atom stereocenters. The quantitative estimate of drug-likeness (QED) is 0.786. The Balaban J connectivity index is 0.00000210. The van der Waals surface area contributed by atoms with Crippen LogP contribution >= 0.6 is 24.0 Å². The van der Waals surface area contributed by atoms with Gasteiger partial charge < -0.3 is 15.8 Å². The smallest absolute Gasteiger partial charge is 0.223 e. The molecular weight excluding hydrogens is 383 g/mol. The molecule has 27 heavy (non-hydrogen) atoms. The second kappa shape index (κ2) is 8.69. The number of hydrogen-bond donors (Lipinski definition) is 2. The molecule has 1 aromatic rings. The van der Waals surface area contributed by atoms with E-state index >= 15 is 0 Å². The second-order valence-electron chi connectivity index (χ2n) is 8.39. The van der Waals surface area contributed by atoms with Crippen molar-refractivity contribution >= 4 is 29.9 Å². The van der Waals surface area contributed by atoms with Crippen molar-refractivity contribution in [1.29, 1.82) is 0 Å². The SMILES string of the molecule is Cl.NC1C2CCCC1CC(C(=O)NC1(c3ccc(Cl)cc3)CCOCC1)C2. The van der Waals surface area contributed by atoms with Gasteiger partial charge in [-0.05, 0) is 68.1 Å². The van der Waals surface area contributed by atoms with Crippen molar-refractivity contribution in [1.82, 2.24) is 5.32 Å². The number of fused-ring (bicyclic) bond motifs is 2. The van der Waals surface area contributed by atoms with Crippen molar-refractivity contribution in [3.05, 3.63) is 34.9 Å². The summed E-state index contributed by atoms with van der Waals surface area (Å²) in [4.78, 5) is 13.2. The summed E-state index contributed by atoms with van der Waals surface area (Å²) in [5.41, 5.74) is 7.19. The third kappa shape index (κ3) is 4.29. The largest absolute Gasteiger partial charge is 0.381 e. The summed E-state index contributed by atoms with van der Waals surface area (Å²) in [5.74, 6) is 1.32. The molecule has 3 N–H and O–H groups in total. The predicted molar refractivity (Wildman–Crippen MR) is 110 cm³/mol. The number of carbonyl (C=O) groups is 1. The number of halogens is 2. The highest BCUT2D eigenvalue weighted by molar-refractivity contribution is 6.30. The topological polar surface area (TPSA) is 64.4 Å². The zero-order valence-electron chi connectivity index (χ0n) is 15.7. The van der Waals surface area contributed by atoms with Gasteiger partial charge in [-0.3, -0.25) is 4.79 Å². The molecule has 6 heteroatoms. The highest BCUT2D eigenvalue weighted by atomic mass is 35.5. The van der Waals surface area contributed by atoms with E-state index in [-0.39, 0.29) is 29.8 Å². The number of amides is 1. The van der Waals surface area contributed by atoms with E-state index in [1.807, 2.05) is 24.3 Å². The van der Waals surface area contributed by atoms with E-state index in [4.69, 9.17) is 22.1 Å². The molecule has 2 bridgehead atoms. The van der Waals surface area contributed by atoms with Crippen LogP contribution in [0.15, 0.2) is 24.3 Å². The van der Waals surface area contributed by atoms with Gasteiger partial charge in [-0.1, -0.05) is 30.2 Å². The fourth-order valence-electron chi connectivity index (χ4n) is 5.32. The Labute approximate surface area is 173 Å². The maximum absolute atomic E-state index is 13.2. The van der Waals surface area contributed by atoms with Gasteiger partial charge in [-0.2, -0.15) is 0 Å². The zero-order valence-corrected chi connectivity index (χ0v) is 17.2. The van der Waals surface area contributed by atoms with E-state index in [0.717, 1.165) is 36.3 Å². The second-order valence-corrected chi connectivity index (χ2v) is 8.82. The lowest BCUT2D eigenvalue weighted by atomic mass is 9.64. The Kier molecular flexibility index (Phi) is 6.73. The van der Waals surface area contributed by atoms with Crippen LogP contribution in [0, 0.1) is 17.8 Å². The third-order valence-electron chi connectivity index (χ3n) is 6.89. The fraction of sp³-hybridized carbons (Fsp3) is 0.667. The summed E-state index contributed by atoms with van der Waals surface area (Å²) in [6.45, 7) is 1.34. The van der Waals surface area contributed by atoms with Crippen LogP contribution in [0.5, 0.6) is 0 Å². The van der Waals surface area contributed by atoms with Crippen LogP contribution in [-0.2, 0) is 15.1 Å². The van der Waals surface area contributed by atoms with Gasteiger partial charge in [0.2, 0.25) is 5.91 Å². The summed E-state index contributed by atoms with van der Waals surface area (Å²) in [5, 5.41) is 4.16. The summed E-state index contributed by atoms with van der Waals surface area (Å²) in [7, 11) is 0. The monoisotopic (exact) mass is 412 g/mol. The summed E-state index contributed by atoms with van der Waals surface area (Å²) in [6, 6.07) is 8.19. The minimum absolute atomic E-state index is 0. The molecule has 3 aliphatic rings. The number of hydrogen-bond acceptors (Lipinski definition) is 3. The standard InChI is InChI=1S/C21H29ClN2O2.ClH/c22-18-6-4-17(5-7-18)21(8-10-26-11-9-21)24-20(25)16-12-14-2-1-3-15(13-16)19(14)23;/h4-7,14-16,19H,1-3,8-13,23H2,(H,24,25);1H. The van der Waals surface area contributed by atoms with Gasteiger partial charge in [-0.25, -0.2) is 0 Å². The maximum Gasteiger partial charge on any atom is 0.223 e. The van der Waals surface area contributed by atoms with Gasteiger partial charge in [0.1, 0.15) is 0 Å². The van der Waals surface area contributed by atoms with Crippen LogP contribution in [0.4, 0.5) is 0 Å². The van der Waals surface area contributed by atoms with E-state index in [1.54, 1.807) is 0 Å². The number of ether oxygens (including phenoxy) is 1. The molecule has 4 rings (SSSR count). The predicted octanol–water partition coefficient (Wildman–Crippen LogP) is 4.04. The lowest BCUT2D eigenvalue weighted by molar-refractivity contribution is -0.131. The molecule has 0 spiro atoms. The van der Waals surface area contributed by atoms with Crippen LogP contribution in [0.2, 0.25) is 5.02 Å². The first-order chi connectivity index (χ1) is 12.6. The Bertz CT molecular complexity index is 632. The first kappa shape index (κ1) is 20.9. The minimum atomic E-state index is -0.339. The van der Waals surface area contributed by atoms with Gasteiger partial charge in [-0.15, -0.1) is 12.4 Å². The zero-order chi connectivity index (χ0) is 18.1. The number of carbonyl (C=O) groups excluding carboxylic acids is 1. The van der Waals surface area contributed by atoms with Gasteiger partial charge >= 0.3 is 0 Å². The average Bonchev–Trinajstić information content (AvgIpc) is 2.62. The van der Waals surface area contributed by atoms with Gasteiger partial charge in [0, 0.05) is 30.2 Å². The van der Waals surface area contributed by atoms with E-state index in [0.29, 0.717) is 31.1 Å². The molecule has 0 aromatic heterocycles. The third-order valence-corrected chi connectivity index (χ3v) is 7.14. The van der Waals surface area contributed by atoms with E-state index in [2.05, 4.69) is 5.32 Å². The number of nitrogens with two attached hydrogens (primary N) is 1. The molecule has 2 aliphatic carbocycles. The number of nitrogens with one attached hydrogen (secondary N) is 1. The van der Waals surface area contributed by atoms with Crippen LogP contribution in [0.3, 0.4) is 0 Å². The van der Waals surface area contributed by atoms with Gasteiger partial charge in [0.25, 0.3) is 0 Å². The highest BCUT2D eigenvalue weighted by Crippen LogP contribution is 2.42. The number of rotatable bonds is 3. The van der Waals surface area contributed by atoms with Crippen molar-refractivity contribution in [3.63, 3.8) is 0 Å². The molecule has 3 fully saturated rings. The molecule has 1 heterocycles. The maximum atomic E-state index is 13.2. The van der Waals surface area contributed by atoms with Crippen molar-refractivity contribution in [3.8, 4) is 0 Å². The Morgan fingerprint density at radius 1 is 1.11 bits per heavy atom. The molecular formula is C21H30Cl2N2O2. The molecule has 1 saturated heterocycles. The molecule has 2 atom stereocenters. The Morgan fingerprint density at radius 3 is 2.30 bits per heavy atom. The van der Waals surface area contributed by atoms with Crippen molar-refractivity contribution in [2.75, 3.05) is 13.2 Å². The molecule has 4 nitrogen and oxygen atoms in total. The van der Waals surface area contributed by atoms with Crippen LogP contribution < -0.4 is 11.1 Å². The molecule has 1 aliphatic heterocycles. The molecule has 0 radical (unpaired) electrons. The van der Waals surface area contributed by atoms with Crippen LogP contribution in [0.1, 0.15) is 50.5 Å². The van der Waals surface area contributed by atoms with E-state index < -0.39 is 0 Å². The van der Waals surface area contributed by atoms with Crippen LogP contribution in [0.25, 0.3) is 0 Å². The van der Waals surface area contributed by atoms with Crippen molar-refractivity contribution in [2.45, 2.75) is 56.5 Å². The first-order valence-electron chi connectivity index (χ1n) is 9.99. The van der Waals surface area contributed by atoms with Crippen molar-refractivity contribution in [2.24, 2.45) is 23.5 Å². The average molecular weight is 413 g/mol. The van der Waals surface area contributed by atoms with Crippen LogP contribution in [-0.4, -0.2) is 25.2 Å². The van der Waals surface area contributed by atoms with Crippen molar-refractivity contribution < 1.29 is 9.53 Å². The Hall–Kier alpha value is -0.810. The van der Waals surface area contributed by atoms with E-state index in [1.165, 1.54) is 19.3 Å². The number of benzene rings is 1. The molecule has 1 aromatic carbocycles. The molecule has 2 saturated carbocycles. The van der Waals surface area contributed by atoms with Gasteiger partial charge in [0.05, 0.1) is 5.54 Å². The van der Waals surface area contributed by atoms with Gasteiger partial charge in [0.15, 0.2) is 0 Å². The normalized spacial score (nSPS) is 32.2. The highest BCUT2D eigenvalue weighted by Gasteiger charge is 2.43. The molecule has 150 valence electrons. The minimum Gasteiger partial charge on any atom is -0.381 e. The summed E-state index contributed by atoms with van der Waals surface area (Å²) in [6.07, 6.45) is 7.12. The first-order valence-corrected chi connectivity index (χ1v) is 10.4.